The van der Waals surface area contributed by atoms with Crippen molar-refractivity contribution in [3.05, 3.63) is 54.1 Å². The molecule has 2 aromatic carbocycles. The second-order valence-electron chi connectivity index (χ2n) is 6.03. The summed E-state index contributed by atoms with van der Waals surface area (Å²) in [4.78, 5) is 12.0. The Morgan fingerprint density at radius 2 is 1.52 bits per heavy atom. The standard InChI is InChI=1S/C20H26N2O3/c1-15(2)16-3-7-18(8-4-16)24-13-11-20(23)22-17-5-9-19(10-6-17)25-14-12-21/h3-10,15H,11-14,21H2,1-2H3,(H,22,23). The van der Waals surface area contributed by atoms with Crippen LogP contribution in [0.5, 0.6) is 11.5 Å². The number of benzene rings is 2. The van der Waals surface area contributed by atoms with Crippen molar-refractivity contribution in [3.63, 3.8) is 0 Å². The zero-order valence-electron chi connectivity index (χ0n) is 14.8. The summed E-state index contributed by atoms with van der Waals surface area (Å²) in [5, 5.41) is 2.84. The van der Waals surface area contributed by atoms with Gasteiger partial charge in [0.2, 0.25) is 5.91 Å². The highest BCUT2D eigenvalue weighted by Crippen LogP contribution is 2.19. The SMILES string of the molecule is CC(C)c1ccc(OCCC(=O)Nc2ccc(OCCN)cc2)cc1. The second kappa shape index (κ2) is 9.69. The molecule has 1 amide bonds. The topological polar surface area (TPSA) is 73.6 Å². The maximum absolute atomic E-state index is 12.0. The number of hydrogen-bond donors (Lipinski definition) is 2. The molecule has 0 aromatic heterocycles. The summed E-state index contributed by atoms with van der Waals surface area (Å²) in [7, 11) is 0. The summed E-state index contributed by atoms with van der Waals surface area (Å²) >= 11 is 0. The third-order valence-electron chi connectivity index (χ3n) is 3.67. The molecule has 0 bridgehead atoms. The summed E-state index contributed by atoms with van der Waals surface area (Å²) in [5.41, 5.74) is 7.38. The van der Waals surface area contributed by atoms with Crippen LogP contribution in [0.4, 0.5) is 5.69 Å². The van der Waals surface area contributed by atoms with Gasteiger partial charge in [0, 0.05) is 12.2 Å². The van der Waals surface area contributed by atoms with Crippen LogP contribution in [0, 0.1) is 0 Å². The summed E-state index contributed by atoms with van der Waals surface area (Å²) in [5.74, 6) is 1.91. The van der Waals surface area contributed by atoms with E-state index in [1.54, 1.807) is 24.3 Å². The number of anilines is 1. The number of hydrogen-bond acceptors (Lipinski definition) is 4. The molecule has 0 aliphatic heterocycles. The number of nitrogens with two attached hydrogens (primary N) is 1. The van der Waals surface area contributed by atoms with Crippen LogP contribution in [-0.2, 0) is 4.79 Å². The highest BCUT2D eigenvalue weighted by molar-refractivity contribution is 5.90. The highest BCUT2D eigenvalue weighted by Gasteiger charge is 2.04. The Morgan fingerprint density at radius 1 is 0.960 bits per heavy atom. The van der Waals surface area contributed by atoms with Crippen LogP contribution in [0.2, 0.25) is 0 Å². The monoisotopic (exact) mass is 342 g/mol. The van der Waals surface area contributed by atoms with Crippen molar-refractivity contribution in [1.82, 2.24) is 0 Å². The maximum Gasteiger partial charge on any atom is 0.227 e. The molecule has 5 nitrogen and oxygen atoms in total. The summed E-state index contributed by atoms with van der Waals surface area (Å²) in [6.45, 7) is 5.58. The Kier molecular flexibility index (Phi) is 7.29. The predicted molar refractivity (Wildman–Crippen MR) is 100 cm³/mol. The van der Waals surface area contributed by atoms with Gasteiger partial charge in [0.1, 0.15) is 18.1 Å². The molecule has 5 heteroatoms. The first-order chi connectivity index (χ1) is 12.1. The Bertz CT molecular complexity index is 652. The zero-order chi connectivity index (χ0) is 18.1. The lowest BCUT2D eigenvalue weighted by molar-refractivity contribution is -0.116. The minimum atomic E-state index is -0.0885. The molecule has 0 aliphatic carbocycles. The average Bonchev–Trinajstić information content (AvgIpc) is 2.61. The van der Waals surface area contributed by atoms with Gasteiger partial charge in [-0.25, -0.2) is 0 Å². The van der Waals surface area contributed by atoms with Gasteiger partial charge < -0.3 is 20.5 Å². The first-order valence-corrected chi connectivity index (χ1v) is 8.54. The van der Waals surface area contributed by atoms with E-state index in [-0.39, 0.29) is 12.3 Å². The highest BCUT2D eigenvalue weighted by atomic mass is 16.5. The van der Waals surface area contributed by atoms with Gasteiger partial charge in [-0.15, -0.1) is 0 Å². The average molecular weight is 342 g/mol. The third-order valence-corrected chi connectivity index (χ3v) is 3.67. The van der Waals surface area contributed by atoms with Gasteiger partial charge in [-0.3, -0.25) is 4.79 Å². The molecule has 0 fully saturated rings. The molecule has 0 unspecified atom stereocenters. The van der Waals surface area contributed by atoms with Crippen LogP contribution in [0.1, 0.15) is 31.7 Å². The molecular weight excluding hydrogens is 316 g/mol. The van der Waals surface area contributed by atoms with Gasteiger partial charge >= 0.3 is 0 Å². The van der Waals surface area contributed by atoms with Crippen molar-refractivity contribution in [2.24, 2.45) is 5.73 Å². The predicted octanol–water partition coefficient (Wildman–Crippen LogP) is 3.56. The molecular formula is C20H26N2O3. The normalized spacial score (nSPS) is 10.6. The van der Waals surface area contributed by atoms with Gasteiger partial charge in [0.05, 0.1) is 13.0 Å². The summed E-state index contributed by atoms with van der Waals surface area (Å²) in [6, 6.07) is 15.2. The molecule has 0 spiro atoms. The number of carbonyl (C=O) groups excluding carboxylic acids is 1. The largest absolute Gasteiger partial charge is 0.493 e. The molecule has 0 saturated carbocycles. The lowest BCUT2D eigenvalue weighted by Crippen LogP contribution is -2.15. The van der Waals surface area contributed by atoms with E-state index in [0.717, 1.165) is 17.2 Å². The molecule has 0 aliphatic rings. The van der Waals surface area contributed by atoms with Gasteiger partial charge in [-0.05, 0) is 47.9 Å². The molecule has 3 N–H and O–H groups in total. The van der Waals surface area contributed by atoms with E-state index in [2.05, 4.69) is 19.2 Å². The van der Waals surface area contributed by atoms with E-state index in [1.807, 2.05) is 24.3 Å². The molecule has 25 heavy (non-hydrogen) atoms. The van der Waals surface area contributed by atoms with Crippen LogP contribution < -0.4 is 20.5 Å². The van der Waals surface area contributed by atoms with E-state index in [4.69, 9.17) is 15.2 Å². The van der Waals surface area contributed by atoms with Crippen LogP contribution in [-0.4, -0.2) is 25.7 Å². The van der Waals surface area contributed by atoms with Gasteiger partial charge in [-0.1, -0.05) is 26.0 Å². The van der Waals surface area contributed by atoms with Gasteiger partial charge in [-0.2, -0.15) is 0 Å². The van der Waals surface area contributed by atoms with E-state index in [1.165, 1.54) is 5.56 Å². The smallest absolute Gasteiger partial charge is 0.227 e. The van der Waals surface area contributed by atoms with E-state index in [0.29, 0.717) is 25.7 Å². The number of carbonyl (C=O) groups is 1. The van der Waals surface area contributed by atoms with Crippen molar-refractivity contribution in [2.75, 3.05) is 25.1 Å². The van der Waals surface area contributed by atoms with Crippen LogP contribution in [0.25, 0.3) is 0 Å². The Morgan fingerprint density at radius 3 is 2.08 bits per heavy atom. The molecule has 0 atom stereocenters. The first-order valence-electron chi connectivity index (χ1n) is 8.54. The van der Waals surface area contributed by atoms with Crippen molar-refractivity contribution in [3.8, 4) is 11.5 Å². The fourth-order valence-corrected chi connectivity index (χ4v) is 2.25. The Labute approximate surface area is 149 Å². The molecule has 0 saturated heterocycles. The minimum Gasteiger partial charge on any atom is -0.493 e. The van der Waals surface area contributed by atoms with E-state index >= 15 is 0 Å². The van der Waals surface area contributed by atoms with Gasteiger partial charge in [0.25, 0.3) is 0 Å². The molecule has 2 aromatic rings. The number of nitrogens with one attached hydrogen (secondary N) is 1. The fourth-order valence-electron chi connectivity index (χ4n) is 2.25. The first kappa shape index (κ1) is 18.8. The second-order valence-corrected chi connectivity index (χ2v) is 6.03. The number of ether oxygens (including phenoxy) is 2. The van der Waals surface area contributed by atoms with Crippen LogP contribution >= 0.6 is 0 Å². The van der Waals surface area contributed by atoms with Gasteiger partial charge in [0.15, 0.2) is 0 Å². The van der Waals surface area contributed by atoms with Crippen molar-refractivity contribution >= 4 is 11.6 Å². The Hall–Kier alpha value is -2.53. The minimum absolute atomic E-state index is 0.0885. The summed E-state index contributed by atoms with van der Waals surface area (Å²) in [6.07, 6.45) is 0.289. The van der Waals surface area contributed by atoms with E-state index < -0.39 is 0 Å². The maximum atomic E-state index is 12.0. The molecule has 0 radical (unpaired) electrons. The lowest BCUT2D eigenvalue weighted by atomic mass is 10.0. The van der Waals surface area contributed by atoms with E-state index in [9.17, 15) is 4.79 Å². The van der Waals surface area contributed by atoms with Crippen LogP contribution in [0.15, 0.2) is 48.5 Å². The van der Waals surface area contributed by atoms with Crippen molar-refractivity contribution in [1.29, 1.82) is 0 Å². The number of amides is 1. The number of rotatable bonds is 9. The molecule has 134 valence electrons. The zero-order valence-corrected chi connectivity index (χ0v) is 14.8. The van der Waals surface area contributed by atoms with Crippen molar-refractivity contribution in [2.45, 2.75) is 26.2 Å². The molecule has 0 heterocycles. The fraction of sp³-hybridized carbons (Fsp3) is 0.350. The van der Waals surface area contributed by atoms with Crippen LogP contribution in [0.3, 0.4) is 0 Å². The third kappa shape index (κ3) is 6.47. The van der Waals surface area contributed by atoms with Crippen molar-refractivity contribution < 1.29 is 14.3 Å². The Balaban J connectivity index is 1.73. The quantitative estimate of drug-likeness (QED) is 0.731. The molecule has 2 rings (SSSR count). The lowest BCUT2D eigenvalue weighted by Gasteiger charge is -2.10. The summed E-state index contributed by atoms with van der Waals surface area (Å²) < 4.78 is 11.0.